The SMILES string of the molecule is Cc1ccc(C(=O)Nc2cccc(CN3CCCC3=O)c2)cc1S(=O)(=O)N1CCCCC1. The topological polar surface area (TPSA) is 86.8 Å². The van der Waals surface area contributed by atoms with Gasteiger partial charge in [0.1, 0.15) is 0 Å². The summed E-state index contributed by atoms with van der Waals surface area (Å²) >= 11 is 0. The first kappa shape index (κ1) is 22.5. The number of aryl methyl sites for hydroxylation is 1. The molecule has 0 aliphatic carbocycles. The van der Waals surface area contributed by atoms with Gasteiger partial charge >= 0.3 is 0 Å². The Morgan fingerprint density at radius 3 is 2.50 bits per heavy atom. The van der Waals surface area contributed by atoms with Crippen molar-refractivity contribution < 1.29 is 18.0 Å². The number of hydrogen-bond donors (Lipinski definition) is 1. The third-order valence-electron chi connectivity index (χ3n) is 6.11. The summed E-state index contributed by atoms with van der Waals surface area (Å²) in [5.74, 6) is -0.212. The lowest BCUT2D eigenvalue weighted by Gasteiger charge is -2.26. The van der Waals surface area contributed by atoms with E-state index < -0.39 is 10.0 Å². The van der Waals surface area contributed by atoms with Crippen molar-refractivity contribution in [3.8, 4) is 0 Å². The zero-order valence-corrected chi connectivity index (χ0v) is 19.2. The number of amides is 2. The average Bonchev–Trinajstić information content (AvgIpc) is 3.19. The van der Waals surface area contributed by atoms with Crippen LogP contribution in [0.5, 0.6) is 0 Å². The minimum Gasteiger partial charge on any atom is -0.338 e. The van der Waals surface area contributed by atoms with Crippen LogP contribution < -0.4 is 5.32 Å². The number of piperidine rings is 1. The molecule has 0 bridgehead atoms. The van der Waals surface area contributed by atoms with E-state index in [1.165, 1.54) is 10.4 Å². The van der Waals surface area contributed by atoms with Crippen molar-refractivity contribution >= 4 is 27.5 Å². The molecule has 4 rings (SSSR count). The van der Waals surface area contributed by atoms with E-state index in [-0.39, 0.29) is 16.7 Å². The zero-order chi connectivity index (χ0) is 22.7. The fourth-order valence-electron chi connectivity index (χ4n) is 4.31. The van der Waals surface area contributed by atoms with E-state index in [1.54, 1.807) is 25.1 Å². The van der Waals surface area contributed by atoms with Gasteiger partial charge < -0.3 is 10.2 Å². The molecule has 2 aliphatic heterocycles. The van der Waals surface area contributed by atoms with Crippen LogP contribution in [0.25, 0.3) is 0 Å². The number of carbonyl (C=O) groups is 2. The highest BCUT2D eigenvalue weighted by atomic mass is 32.2. The summed E-state index contributed by atoms with van der Waals surface area (Å²) in [4.78, 5) is 26.8. The smallest absolute Gasteiger partial charge is 0.255 e. The van der Waals surface area contributed by atoms with Crippen molar-refractivity contribution in [2.45, 2.75) is 50.5 Å². The summed E-state index contributed by atoms with van der Waals surface area (Å²) in [5, 5.41) is 2.86. The van der Waals surface area contributed by atoms with Crippen molar-refractivity contribution in [2.24, 2.45) is 0 Å². The van der Waals surface area contributed by atoms with Crippen LogP contribution in [0.15, 0.2) is 47.4 Å². The summed E-state index contributed by atoms with van der Waals surface area (Å²) in [7, 11) is -3.63. The summed E-state index contributed by atoms with van der Waals surface area (Å²) in [5.41, 5.74) is 2.48. The van der Waals surface area contributed by atoms with Crippen LogP contribution in [0.4, 0.5) is 5.69 Å². The van der Waals surface area contributed by atoms with Crippen LogP contribution >= 0.6 is 0 Å². The van der Waals surface area contributed by atoms with Gasteiger partial charge in [-0.25, -0.2) is 8.42 Å². The Balaban J connectivity index is 1.51. The second-order valence-electron chi connectivity index (χ2n) is 8.52. The van der Waals surface area contributed by atoms with Crippen molar-refractivity contribution in [3.63, 3.8) is 0 Å². The van der Waals surface area contributed by atoms with Crippen LogP contribution in [-0.2, 0) is 21.4 Å². The van der Waals surface area contributed by atoms with Crippen LogP contribution in [-0.4, -0.2) is 49.1 Å². The molecular formula is C24H29N3O4S. The first-order valence-electron chi connectivity index (χ1n) is 11.1. The summed E-state index contributed by atoms with van der Waals surface area (Å²) < 4.78 is 27.8. The summed E-state index contributed by atoms with van der Waals surface area (Å²) in [6, 6.07) is 12.2. The molecule has 2 aliphatic rings. The van der Waals surface area contributed by atoms with Gasteiger partial charge in [-0.2, -0.15) is 4.31 Å². The lowest BCUT2D eigenvalue weighted by molar-refractivity contribution is -0.128. The maximum absolute atomic E-state index is 13.1. The molecule has 2 aromatic rings. The number of hydrogen-bond acceptors (Lipinski definition) is 4. The Kier molecular flexibility index (Phi) is 6.62. The molecule has 2 saturated heterocycles. The minimum absolute atomic E-state index is 0.154. The molecule has 2 heterocycles. The number of rotatable bonds is 6. The van der Waals surface area contributed by atoms with E-state index in [0.29, 0.717) is 42.9 Å². The molecule has 1 N–H and O–H groups in total. The Morgan fingerprint density at radius 2 is 1.78 bits per heavy atom. The van der Waals surface area contributed by atoms with Gasteiger partial charge in [-0.3, -0.25) is 9.59 Å². The van der Waals surface area contributed by atoms with E-state index in [9.17, 15) is 18.0 Å². The molecule has 32 heavy (non-hydrogen) atoms. The van der Waals surface area contributed by atoms with Gasteiger partial charge in [0, 0.05) is 43.9 Å². The highest BCUT2D eigenvalue weighted by Crippen LogP contribution is 2.25. The first-order chi connectivity index (χ1) is 15.3. The van der Waals surface area contributed by atoms with E-state index in [4.69, 9.17) is 0 Å². The normalized spacial score (nSPS) is 17.5. The molecule has 2 fully saturated rings. The molecule has 0 saturated carbocycles. The molecule has 0 unspecified atom stereocenters. The first-order valence-corrected chi connectivity index (χ1v) is 12.6. The van der Waals surface area contributed by atoms with Crippen molar-refractivity contribution in [3.05, 3.63) is 59.2 Å². The van der Waals surface area contributed by atoms with E-state index in [2.05, 4.69) is 5.32 Å². The molecule has 2 amide bonds. The Bertz CT molecular complexity index is 1120. The highest BCUT2D eigenvalue weighted by molar-refractivity contribution is 7.89. The number of nitrogens with one attached hydrogen (secondary N) is 1. The monoisotopic (exact) mass is 455 g/mol. The van der Waals surface area contributed by atoms with Crippen LogP contribution in [0.1, 0.15) is 53.6 Å². The number of likely N-dealkylation sites (tertiary alicyclic amines) is 1. The molecule has 2 aromatic carbocycles. The molecule has 7 nitrogen and oxygen atoms in total. The number of benzene rings is 2. The number of carbonyl (C=O) groups excluding carboxylic acids is 2. The Hall–Kier alpha value is -2.71. The highest BCUT2D eigenvalue weighted by Gasteiger charge is 2.28. The minimum atomic E-state index is -3.63. The maximum Gasteiger partial charge on any atom is 0.255 e. The summed E-state index contributed by atoms with van der Waals surface area (Å²) in [6.45, 7) is 4.06. The van der Waals surface area contributed by atoms with Gasteiger partial charge in [-0.15, -0.1) is 0 Å². The predicted molar refractivity (Wildman–Crippen MR) is 123 cm³/mol. The zero-order valence-electron chi connectivity index (χ0n) is 18.3. The number of anilines is 1. The van der Waals surface area contributed by atoms with E-state index in [0.717, 1.165) is 37.8 Å². The van der Waals surface area contributed by atoms with Crippen LogP contribution in [0.2, 0.25) is 0 Å². The van der Waals surface area contributed by atoms with Crippen LogP contribution in [0, 0.1) is 6.92 Å². The van der Waals surface area contributed by atoms with Gasteiger partial charge in [0.15, 0.2) is 0 Å². The lowest BCUT2D eigenvalue weighted by atomic mass is 10.1. The van der Waals surface area contributed by atoms with Gasteiger partial charge in [0.2, 0.25) is 15.9 Å². The van der Waals surface area contributed by atoms with E-state index in [1.807, 2.05) is 23.1 Å². The predicted octanol–water partition coefficient (Wildman–Crippen LogP) is 3.54. The fraction of sp³-hybridized carbons (Fsp3) is 0.417. The van der Waals surface area contributed by atoms with Gasteiger partial charge in [0.25, 0.3) is 5.91 Å². The average molecular weight is 456 g/mol. The third kappa shape index (κ3) is 4.86. The molecule has 0 radical (unpaired) electrons. The molecule has 170 valence electrons. The van der Waals surface area contributed by atoms with Crippen molar-refractivity contribution in [1.82, 2.24) is 9.21 Å². The van der Waals surface area contributed by atoms with Crippen molar-refractivity contribution in [2.75, 3.05) is 25.0 Å². The number of nitrogens with zero attached hydrogens (tertiary/aromatic N) is 2. The largest absolute Gasteiger partial charge is 0.338 e. The lowest BCUT2D eigenvalue weighted by Crippen LogP contribution is -2.36. The second kappa shape index (κ2) is 9.42. The standard InChI is InChI=1S/C24H29N3O4S/c1-18-10-11-20(16-22(18)32(30,31)27-13-3-2-4-14-27)24(29)25-21-8-5-7-19(15-21)17-26-12-6-9-23(26)28/h5,7-8,10-11,15-16H,2-4,6,9,12-14,17H2,1H3,(H,25,29). The Morgan fingerprint density at radius 1 is 1.00 bits per heavy atom. The van der Waals surface area contributed by atoms with Crippen molar-refractivity contribution in [1.29, 1.82) is 0 Å². The maximum atomic E-state index is 13.1. The van der Waals surface area contributed by atoms with E-state index >= 15 is 0 Å². The molecule has 0 atom stereocenters. The van der Waals surface area contributed by atoms with Crippen LogP contribution in [0.3, 0.4) is 0 Å². The quantitative estimate of drug-likeness (QED) is 0.722. The molecule has 8 heteroatoms. The fourth-order valence-corrected chi connectivity index (χ4v) is 6.07. The van der Waals surface area contributed by atoms with Gasteiger partial charge in [0.05, 0.1) is 4.90 Å². The van der Waals surface area contributed by atoms with Gasteiger partial charge in [-0.1, -0.05) is 24.6 Å². The second-order valence-corrected chi connectivity index (χ2v) is 10.4. The molecule has 0 aromatic heterocycles. The molecule has 0 spiro atoms. The molecular weight excluding hydrogens is 426 g/mol. The third-order valence-corrected chi connectivity index (χ3v) is 8.15. The van der Waals surface area contributed by atoms with Gasteiger partial charge in [-0.05, 0) is 61.6 Å². The Labute approximate surface area is 189 Å². The summed E-state index contributed by atoms with van der Waals surface area (Å²) in [6.07, 6.45) is 4.23. The number of sulfonamides is 1.